The van der Waals surface area contributed by atoms with Crippen LogP contribution in [-0.2, 0) is 0 Å². The van der Waals surface area contributed by atoms with E-state index in [0.717, 1.165) is 17.1 Å². The van der Waals surface area contributed by atoms with E-state index in [1.54, 1.807) is 14.2 Å². The molecule has 0 amide bonds. The summed E-state index contributed by atoms with van der Waals surface area (Å²) in [4.78, 5) is 0. The summed E-state index contributed by atoms with van der Waals surface area (Å²) >= 11 is 0. The maximum Gasteiger partial charge on any atom is 0.167 e. The highest BCUT2D eigenvalue weighted by Crippen LogP contribution is 2.35. The number of nitrogens with two attached hydrogens (primary N) is 1. The van der Waals surface area contributed by atoms with E-state index in [1.165, 1.54) is 5.56 Å². The highest BCUT2D eigenvalue weighted by atomic mass is 16.5. The van der Waals surface area contributed by atoms with Crippen LogP contribution in [0.4, 0.5) is 0 Å². The van der Waals surface area contributed by atoms with Crippen LogP contribution in [0.5, 0.6) is 11.5 Å². The minimum absolute atomic E-state index is 0.444. The summed E-state index contributed by atoms with van der Waals surface area (Å²) in [6.45, 7) is 4.81. The molecule has 94 valence electrons. The van der Waals surface area contributed by atoms with Crippen LogP contribution in [0, 0.1) is 0 Å². The number of rotatable bonds is 5. The monoisotopic (exact) mass is 235 g/mol. The lowest BCUT2D eigenvalue weighted by Crippen LogP contribution is -1.98. The number of hydrogen-bond acceptors (Lipinski definition) is 3. The van der Waals surface area contributed by atoms with E-state index in [4.69, 9.17) is 15.2 Å². The molecular formula is C14H21NO2. The number of methoxy groups -OCH3 is 2. The van der Waals surface area contributed by atoms with E-state index in [9.17, 15) is 0 Å². The van der Waals surface area contributed by atoms with E-state index in [2.05, 4.69) is 19.9 Å². The second-order valence-electron chi connectivity index (χ2n) is 4.14. The van der Waals surface area contributed by atoms with Gasteiger partial charge in [-0.2, -0.15) is 0 Å². The maximum atomic E-state index is 5.48. The Bertz CT molecular complexity index is 397. The van der Waals surface area contributed by atoms with Gasteiger partial charge in [-0.15, -0.1) is 0 Å². The van der Waals surface area contributed by atoms with E-state index in [-0.39, 0.29) is 0 Å². The van der Waals surface area contributed by atoms with Gasteiger partial charge in [0.05, 0.1) is 14.2 Å². The molecule has 17 heavy (non-hydrogen) atoms. The van der Waals surface area contributed by atoms with Gasteiger partial charge in [0.15, 0.2) is 11.5 Å². The van der Waals surface area contributed by atoms with Crippen LogP contribution in [0.15, 0.2) is 18.2 Å². The largest absolute Gasteiger partial charge is 0.493 e. The van der Waals surface area contributed by atoms with E-state index >= 15 is 0 Å². The van der Waals surface area contributed by atoms with Gasteiger partial charge in [-0.3, -0.25) is 0 Å². The molecule has 0 aliphatic rings. The number of ether oxygens (including phenoxy) is 2. The molecule has 0 unspecified atom stereocenters. The smallest absolute Gasteiger partial charge is 0.167 e. The van der Waals surface area contributed by atoms with Gasteiger partial charge >= 0.3 is 0 Å². The van der Waals surface area contributed by atoms with E-state index in [0.29, 0.717) is 12.5 Å². The van der Waals surface area contributed by atoms with Crippen molar-refractivity contribution in [3.05, 3.63) is 29.3 Å². The zero-order chi connectivity index (χ0) is 12.8. The summed E-state index contributed by atoms with van der Waals surface area (Å²) in [5.74, 6) is 1.96. The molecule has 0 fully saturated rings. The fourth-order valence-electron chi connectivity index (χ4n) is 1.67. The average molecular weight is 235 g/mol. The van der Waals surface area contributed by atoms with E-state index < -0.39 is 0 Å². The molecule has 0 aromatic heterocycles. The van der Waals surface area contributed by atoms with Crippen molar-refractivity contribution < 1.29 is 9.47 Å². The molecule has 0 aliphatic carbocycles. The molecular weight excluding hydrogens is 214 g/mol. The Hall–Kier alpha value is -1.48. The van der Waals surface area contributed by atoms with Crippen molar-refractivity contribution in [2.45, 2.75) is 19.8 Å². The fourth-order valence-corrected chi connectivity index (χ4v) is 1.67. The Balaban J connectivity index is 3.31. The molecule has 0 saturated carbocycles. The van der Waals surface area contributed by atoms with Gasteiger partial charge in [0.2, 0.25) is 0 Å². The molecule has 1 aromatic carbocycles. The maximum absolute atomic E-state index is 5.48. The van der Waals surface area contributed by atoms with Crippen molar-refractivity contribution in [1.82, 2.24) is 0 Å². The molecule has 3 nitrogen and oxygen atoms in total. The molecule has 0 saturated heterocycles. The zero-order valence-electron chi connectivity index (χ0n) is 11.0. The highest BCUT2D eigenvalue weighted by Gasteiger charge is 2.12. The van der Waals surface area contributed by atoms with E-state index in [1.807, 2.05) is 18.2 Å². The summed E-state index contributed by atoms with van der Waals surface area (Å²) in [7, 11) is 3.30. The highest BCUT2D eigenvalue weighted by molar-refractivity contribution is 5.64. The lowest BCUT2D eigenvalue weighted by Gasteiger charge is -2.15. The third kappa shape index (κ3) is 3.24. The molecule has 0 atom stereocenters. The molecule has 0 spiro atoms. The quantitative estimate of drug-likeness (QED) is 0.853. The van der Waals surface area contributed by atoms with Gasteiger partial charge in [0.1, 0.15) is 0 Å². The first-order valence-corrected chi connectivity index (χ1v) is 5.76. The molecule has 0 bridgehead atoms. The molecule has 2 N–H and O–H groups in total. The van der Waals surface area contributed by atoms with Gasteiger partial charge < -0.3 is 15.2 Å². The lowest BCUT2D eigenvalue weighted by molar-refractivity contribution is 0.353. The summed E-state index contributed by atoms with van der Waals surface area (Å²) < 4.78 is 10.7. The molecule has 0 aliphatic heterocycles. The van der Waals surface area contributed by atoms with Crippen LogP contribution in [0.2, 0.25) is 0 Å². The van der Waals surface area contributed by atoms with Crippen molar-refractivity contribution in [3.8, 4) is 11.5 Å². The molecule has 3 heteroatoms. The standard InChI is InChI=1S/C14H21NO2/c1-10(2)12-8-11(6-5-7-15)14(17-4)13(9-12)16-3/h5-6,8-10H,7,15H2,1-4H3/b6-5+. The lowest BCUT2D eigenvalue weighted by atomic mass is 9.99. The normalized spacial score (nSPS) is 11.2. The summed E-state index contributed by atoms with van der Waals surface area (Å²) in [5.41, 5.74) is 7.70. The fraction of sp³-hybridized carbons (Fsp3) is 0.429. The van der Waals surface area contributed by atoms with Crippen LogP contribution in [-0.4, -0.2) is 20.8 Å². The Kier molecular flexibility index (Phi) is 5.04. The summed E-state index contributed by atoms with van der Waals surface area (Å²) in [6.07, 6.45) is 3.87. The molecule has 1 aromatic rings. The topological polar surface area (TPSA) is 44.5 Å². The predicted octanol–water partition coefficient (Wildman–Crippen LogP) is 2.80. The van der Waals surface area contributed by atoms with Gasteiger partial charge in [0, 0.05) is 12.1 Å². The van der Waals surface area contributed by atoms with Crippen molar-refractivity contribution in [1.29, 1.82) is 0 Å². The molecule has 1 rings (SSSR count). The third-order valence-electron chi connectivity index (χ3n) is 2.63. The first-order chi connectivity index (χ1) is 8.13. The van der Waals surface area contributed by atoms with Gasteiger partial charge in [-0.05, 0) is 23.6 Å². The molecule has 0 radical (unpaired) electrons. The second kappa shape index (κ2) is 6.30. The summed E-state index contributed by atoms with van der Waals surface area (Å²) in [5, 5.41) is 0. The molecule has 0 heterocycles. The number of hydrogen-bond donors (Lipinski definition) is 1. The van der Waals surface area contributed by atoms with Gasteiger partial charge in [0.25, 0.3) is 0 Å². The SMILES string of the molecule is COc1cc(C(C)C)cc(/C=C/CN)c1OC. The first-order valence-electron chi connectivity index (χ1n) is 5.76. The number of benzene rings is 1. The van der Waals surface area contributed by atoms with Crippen molar-refractivity contribution in [3.63, 3.8) is 0 Å². The Morgan fingerprint density at radius 3 is 2.41 bits per heavy atom. The van der Waals surface area contributed by atoms with Gasteiger partial charge in [-0.25, -0.2) is 0 Å². The minimum Gasteiger partial charge on any atom is -0.493 e. The van der Waals surface area contributed by atoms with Gasteiger partial charge in [-0.1, -0.05) is 26.0 Å². The average Bonchev–Trinajstić information content (AvgIpc) is 2.34. The van der Waals surface area contributed by atoms with Crippen molar-refractivity contribution in [2.75, 3.05) is 20.8 Å². The second-order valence-corrected chi connectivity index (χ2v) is 4.14. The van der Waals surface area contributed by atoms with Crippen LogP contribution in [0.3, 0.4) is 0 Å². The summed E-state index contributed by atoms with van der Waals surface area (Å²) in [6, 6.07) is 4.13. The predicted molar refractivity (Wildman–Crippen MR) is 71.7 cm³/mol. The minimum atomic E-state index is 0.444. The van der Waals surface area contributed by atoms with Crippen LogP contribution < -0.4 is 15.2 Å². The Labute approximate surface area is 103 Å². The van der Waals surface area contributed by atoms with Crippen LogP contribution in [0.1, 0.15) is 30.9 Å². The van der Waals surface area contributed by atoms with Crippen molar-refractivity contribution in [2.24, 2.45) is 5.73 Å². The van der Waals surface area contributed by atoms with Crippen LogP contribution >= 0.6 is 0 Å². The van der Waals surface area contributed by atoms with Crippen molar-refractivity contribution >= 4 is 6.08 Å². The first kappa shape index (κ1) is 13.6. The third-order valence-corrected chi connectivity index (χ3v) is 2.63. The zero-order valence-corrected chi connectivity index (χ0v) is 11.0. The Morgan fingerprint density at radius 2 is 1.94 bits per heavy atom. The van der Waals surface area contributed by atoms with Crippen LogP contribution in [0.25, 0.3) is 6.08 Å². The Morgan fingerprint density at radius 1 is 1.24 bits per heavy atom.